The van der Waals surface area contributed by atoms with Crippen LogP contribution in [0, 0.1) is 6.92 Å². The molecule has 0 radical (unpaired) electrons. The van der Waals surface area contributed by atoms with Gasteiger partial charge in [-0.15, -0.1) is 11.3 Å². The zero-order valence-electron chi connectivity index (χ0n) is 15.7. The van der Waals surface area contributed by atoms with Crippen LogP contribution in [0.3, 0.4) is 0 Å². The number of halogens is 1. The van der Waals surface area contributed by atoms with E-state index in [-0.39, 0.29) is 24.8 Å². The summed E-state index contributed by atoms with van der Waals surface area (Å²) in [4.78, 5) is 33.0. The average molecular weight is 468 g/mol. The van der Waals surface area contributed by atoms with Crippen LogP contribution in [0.5, 0.6) is 0 Å². The molecule has 1 aliphatic heterocycles. The topological polar surface area (TPSA) is 61.8 Å². The lowest BCUT2D eigenvalue weighted by molar-refractivity contribution is -0.120. The molecule has 2 heterocycles. The molecule has 146 valence electrons. The lowest BCUT2D eigenvalue weighted by Crippen LogP contribution is -2.38. The minimum Gasteiger partial charge on any atom is -0.324 e. The molecular formula is C22H18BrN3O2S. The lowest BCUT2D eigenvalue weighted by atomic mass is 10.2. The molecule has 0 atom stereocenters. The van der Waals surface area contributed by atoms with Crippen molar-refractivity contribution in [1.29, 1.82) is 0 Å². The van der Waals surface area contributed by atoms with Gasteiger partial charge in [-0.1, -0.05) is 30.3 Å². The van der Waals surface area contributed by atoms with Crippen LogP contribution in [0.15, 0.2) is 69.4 Å². The van der Waals surface area contributed by atoms with E-state index < -0.39 is 0 Å². The van der Waals surface area contributed by atoms with Crippen LogP contribution in [0.1, 0.15) is 16.9 Å². The number of amides is 2. The standard InChI is InChI=1S/C22H18BrN3O2S/c1-14-6-2-3-7-15(14)25-21(27)13-26-18-9-5-4-8-16(18)24-17(12-22(26)28)19-10-11-20(23)29-19/h2-11H,12-13H2,1H3,(H,25,27). The Morgan fingerprint density at radius 1 is 1.14 bits per heavy atom. The van der Waals surface area contributed by atoms with E-state index >= 15 is 0 Å². The molecule has 1 aliphatic rings. The Hall–Kier alpha value is -2.77. The number of aryl methyl sites for hydroxylation is 1. The first kappa shape index (κ1) is 19.5. The number of fused-ring (bicyclic) bond motifs is 1. The van der Waals surface area contributed by atoms with E-state index in [0.29, 0.717) is 17.1 Å². The molecule has 3 aromatic rings. The third-order valence-electron chi connectivity index (χ3n) is 4.63. The van der Waals surface area contributed by atoms with Gasteiger partial charge in [-0.05, 0) is 58.7 Å². The monoisotopic (exact) mass is 467 g/mol. The zero-order chi connectivity index (χ0) is 20.4. The van der Waals surface area contributed by atoms with Crippen molar-refractivity contribution in [3.63, 3.8) is 0 Å². The Morgan fingerprint density at radius 3 is 2.66 bits per heavy atom. The van der Waals surface area contributed by atoms with Crippen molar-refractivity contribution in [2.24, 2.45) is 4.99 Å². The number of benzene rings is 2. The Kier molecular flexibility index (Phi) is 5.60. The van der Waals surface area contributed by atoms with Gasteiger partial charge in [-0.3, -0.25) is 9.59 Å². The summed E-state index contributed by atoms with van der Waals surface area (Å²) in [5.41, 5.74) is 3.75. The number of para-hydroxylation sites is 3. The average Bonchev–Trinajstić information content (AvgIpc) is 3.08. The highest BCUT2D eigenvalue weighted by Gasteiger charge is 2.27. The minimum absolute atomic E-state index is 0.0683. The molecule has 1 aromatic heterocycles. The molecule has 1 N–H and O–H groups in total. The Bertz CT molecular complexity index is 1120. The first-order valence-electron chi connectivity index (χ1n) is 9.09. The number of rotatable bonds is 4. The second-order valence-electron chi connectivity index (χ2n) is 6.67. The van der Waals surface area contributed by atoms with Gasteiger partial charge in [0.2, 0.25) is 11.8 Å². The fourth-order valence-corrected chi connectivity index (χ4v) is 4.55. The summed E-state index contributed by atoms with van der Waals surface area (Å²) >= 11 is 5.00. The summed E-state index contributed by atoms with van der Waals surface area (Å²) in [6.07, 6.45) is 0.138. The smallest absolute Gasteiger partial charge is 0.244 e. The van der Waals surface area contributed by atoms with E-state index in [2.05, 4.69) is 21.2 Å². The predicted molar refractivity (Wildman–Crippen MR) is 121 cm³/mol. The van der Waals surface area contributed by atoms with Crippen molar-refractivity contribution in [2.45, 2.75) is 13.3 Å². The summed E-state index contributed by atoms with van der Waals surface area (Å²) in [5.74, 6) is -0.400. The van der Waals surface area contributed by atoms with Crippen LogP contribution in [0.4, 0.5) is 17.1 Å². The van der Waals surface area contributed by atoms with E-state index in [1.54, 1.807) is 0 Å². The van der Waals surface area contributed by atoms with Crippen molar-refractivity contribution in [1.82, 2.24) is 0 Å². The summed E-state index contributed by atoms with van der Waals surface area (Å²) in [5, 5.41) is 2.90. The van der Waals surface area contributed by atoms with E-state index in [4.69, 9.17) is 4.99 Å². The normalized spacial score (nSPS) is 13.5. The maximum atomic E-state index is 13.1. The molecule has 0 fully saturated rings. The van der Waals surface area contributed by atoms with Gasteiger partial charge in [0.15, 0.2) is 0 Å². The maximum Gasteiger partial charge on any atom is 0.244 e. The molecule has 4 rings (SSSR count). The molecular weight excluding hydrogens is 450 g/mol. The third kappa shape index (κ3) is 4.31. The number of aliphatic imine (C=N–C) groups is 1. The lowest BCUT2D eigenvalue weighted by Gasteiger charge is -2.22. The number of thiophene rings is 1. The van der Waals surface area contributed by atoms with Crippen LogP contribution in [0.2, 0.25) is 0 Å². The van der Waals surface area contributed by atoms with Gasteiger partial charge in [0.25, 0.3) is 0 Å². The van der Waals surface area contributed by atoms with Crippen molar-refractivity contribution in [3.05, 3.63) is 74.9 Å². The number of carbonyl (C=O) groups is 2. The van der Waals surface area contributed by atoms with Gasteiger partial charge >= 0.3 is 0 Å². The number of nitrogens with zero attached hydrogens (tertiary/aromatic N) is 2. The van der Waals surface area contributed by atoms with Crippen LogP contribution >= 0.6 is 27.3 Å². The number of hydrogen-bond acceptors (Lipinski definition) is 4. The number of nitrogens with one attached hydrogen (secondary N) is 1. The Balaban J connectivity index is 1.61. The molecule has 2 amide bonds. The molecule has 0 bridgehead atoms. The number of hydrogen-bond donors (Lipinski definition) is 1. The quantitative estimate of drug-likeness (QED) is 0.564. The van der Waals surface area contributed by atoms with Gasteiger partial charge in [0, 0.05) is 5.69 Å². The molecule has 29 heavy (non-hydrogen) atoms. The second-order valence-corrected chi connectivity index (χ2v) is 9.13. The van der Waals surface area contributed by atoms with Gasteiger partial charge < -0.3 is 10.2 Å². The molecule has 0 unspecified atom stereocenters. The van der Waals surface area contributed by atoms with Crippen molar-refractivity contribution < 1.29 is 9.59 Å². The highest BCUT2D eigenvalue weighted by molar-refractivity contribution is 9.11. The first-order valence-corrected chi connectivity index (χ1v) is 10.7. The Labute approximate surface area is 181 Å². The fourth-order valence-electron chi connectivity index (χ4n) is 3.18. The predicted octanol–water partition coefficient (Wildman–Crippen LogP) is 5.32. The molecule has 0 spiro atoms. The molecule has 0 aliphatic carbocycles. The van der Waals surface area contributed by atoms with Crippen LogP contribution in [0.25, 0.3) is 0 Å². The zero-order valence-corrected chi connectivity index (χ0v) is 18.1. The SMILES string of the molecule is Cc1ccccc1NC(=O)CN1C(=O)CC(c2ccc(Br)s2)=Nc2ccccc21. The summed E-state index contributed by atoms with van der Waals surface area (Å²) in [6.45, 7) is 1.86. The molecule has 0 saturated carbocycles. The molecule has 2 aromatic carbocycles. The second kappa shape index (κ2) is 8.31. The summed E-state index contributed by atoms with van der Waals surface area (Å²) in [7, 11) is 0. The van der Waals surface area contributed by atoms with Crippen LogP contribution in [-0.2, 0) is 9.59 Å². The Morgan fingerprint density at radius 2 is 1.90 bits per heavy atom. The highest BCUT2D eigenvalue weighted by atomic mass is 79.9. The van der Waals surface area contributed by atoms with Gasteiger partial charge in [-0.25, -0.2) is 4.99 Å². The largest absolute Gasteiger partial charge is 0.324 e. The highest BCUT2D eigenvalue weighted by Crippen LogP contribution is 2.34. The van der Waals surface area contributed by atoms with Crippen LogP contribution < -0.4 is 10.2 Å². The van der Waals surface area contributed by atoms with Crippen molar-refractivity contribution in [2.75, 3.05) is 16.8 Å². The summed E-state index contributed by atoms with van der Waals surface area (Å²) in [6, 6.07) is 18.9. The first-order chi connectivity index (χ1) is 14.0. The van der Waals surface area contributed by atoms with Crippen molar-refractivity contribution in [3.8, 4) is 0 Å². The van der Waals surface area contributed by atoms with E-state index in [1.165, 1.54) is 16.2 Å². The van der Waals surface area contributed by atoms with Crippen molar-refractivity contribution >= 4 is 61.9 Å². The molecule has 7 heteroatoms. The number of carbonyl (C=O) groups excluding carboxylic acids is 2. The third-order valence-corrected chi connectivity index (χ3v) is 6.30. The fraction of sp³-hybridized carbons (Fsp3) is 0.136. The van der Waals surface area contributed by atoms with E-state index in [1.807, 2.05) is 67.6 Å². The molecule has 0 saturated heterocycles. The summed E-state index contributed by atoms with van der Waals surface area (Å²) < 4.78 is 0.981. The van der Waals surface area contributed by atoms with Gasteiger partial charge in [0.1, 0.15) is 6.54 Å². The minimum atomic E-state index is -0.246. The van der Waals surface area contributed by atoms with Gasteiger partial charge in [0.05, 0.1) is 32.2 Å². The van der Waals surface area contributed by atoms with Crippen LogP contribution in [-0.4, -0.2) is 24.1 Å². The van der Waals surface area contributed by atoms with E-state index in [9.17, 15) is 9.59 Å². The molecule has 5 nitrogen and oxygen atoms in total. The van der Waals surface area contributed by atoms with E-state index in [0.717, 1.165) is 19.9 Å². The maximum absolute atomic E-state index is 13.1. The van der Waals surface area contributed by atoms with Gasteiger partial charge in [-0.2, -0.15) is 0 Å². The number of anilines is 2.